The van der Waals surface area contributed by atoms with E-state index in [0.29, 0.717) is 11.4 Å². The highest BCUT2D eigenvalue weighted by atomic mass is 16.6. The van der Waals surface area contributed by atoms with Crippen LogP contribution in [-0.4, -0.2) is 19.2 Å². The molecule has 2 aromatic carbocycles. The van der Waals surface area contributed by atoms with Crippen LogP contribution >= 0.6 is 0 Å². The van der Waals surface area contributed by atoms with Gasteiger partial charge in [0, 0.05) is 13.1 Å². The van der Waals surface area contributed by atoms with Crippen molar-refractivity contribution in [2.24, 2.45) is 17.4 Å². The van der Waals surface area contributed by atoms with Crippen molar-refractivity contribution in [3.8, 4) is 5.69 Å². The molecule has 1 aromatic heterocycles. The molecule has 1 heterocycles. The Kier molecular flexibility index (Phi) is 5.17. The number of hydrogen-bond donors (Lipinski definition) is 1. The number of benzene rings is 2. The van der Waals surface area contributed by atoms with Crippen molar-refractivity contribution in [1.82, 2.24) is 9.36 Å². The maximum Gasteiger partial charge on any atom is 0.301 e. The van der Waals surface area contributed by atoms with Crippen molar-refractivity contribution in [2.45, 2.75) is 6.92 Å². The van der Waals surface area contributed by atoms with Gasteiger partial charge in [0.15, 0.2) is 5.69 Å². The van der Waals surface area contributed by atoms with Crippen molar-refractivity contribution in [3.05, 3.63) is 84.8 Å². The second-order valence-electron chi connectivity index (χ2n) is 5.94. The molecule has 0 saturated carbocycles. The molecular formula is C17H15N7O5. The molecule has 0 fully saturated rings. The van der Waals surface area contributed by atoms with E-state index in [4.69, 9.17) is 0 Å². The number of non-ortho nitro benzene ring substituents is 1. The van der Waals surface area contributed by atoms with Crippen LogP contribution in [0.25, 0.3) is 5.69 Å². The van der Waals surface area contributed by atoms with Gasteiger partial charge in [0.2, 0.25) is 0 Å². The smallest absolute Gasteiger partial charge is 0.283 e. The second kappa shape index (κ2) is 7.72. The van der Waals surface area contributed by atoms with Crippen molar-refractivity contribution in [1.29, 1.82) is 0 Å². The van der Waals surface area contributed by atoms with Crippen LogP contribution in [0.2, 0.25) is 0 Å². The standard InChI is InChI=1S/C17H15N7O5/c1-11-16(17(25)22(21(11)2)12-6-4-3-5-7-12)19-20-18-14-9-8-13(23(26)27)10-15(14)24(28)29/h3-10H,1-2H3,(H,18,19). The SMILES string of the molecule is Cc1c(N=NNc2ccc([N+](=O)[O-])cc2[N+](=O)[O-])c(=O)n(-c2ccccc2)n1C. The lowest BCUT2D eigenvalue weighted by Crippen LogP contribution is -2.19. The number of nitrogens with one attached hydrogen (secondary N) is 1. The van der Waals surface area contributed by atoms with E-state index in [-0.39, 0.29) is 11.4 Å². The molecule has 0 aliphatic rings. The number of aromatic nitrogens is 2. The zero-order valence-corrected chi connectivity index (χ0v) is 15.3. The van der Waals surface area contributed by atoms with E-state index in [2.05, 4.69) is 15.8 Å². The van der Waals surface area contributed by atoms with Crippen LogP contribution in [0.3, 0.4) is 0 Å². The molecule has 0 unspecified atom stereocenters. The zero-order valence-electron chi connectivity index (χ0n) is 15.3. The number of rotatable bonds is 6. The van der Waals surface area contributed by atoms with Gasteiger partial charge in [-0.15, -0.1) is 5.11 Å². The average molecular weight is 397 g/mol. The third kappa shape index (κ3) is 3.71. The van der Waals surface area contributed by atoms with Crippen molar-refractivity contribution < 1.29 is 9.85 Å². The summed E-state index contributed by atoms with van der Waals surface area (Å²) in [4.78, 5) is 33.2. The minimum atomic E-state index is -0.777. The normalized spacial score (nSPS) is 11.0. The predicted octanol–water partition coefficient (Wildman–Crippen LogP) is 3.41. The van der Waals surface area contributed by atoms with Gasteiger partial charge in [0.1, 0.15) is 5.69 Å². The number of anilines is 1. The number of nitro benzene ring substituents is 2. The molecule has 3 aromatic rings. The summed E-state index contributed by atoms with van der Waals surface area (Å²) in [6.07, 6.45) is 0. The highest BCUT2D eigenvalue weighted by Crippen LogP contribution is 2.29. The van der Waals surface area contributed by atoms with Crippen molar-refractivity contribution >= 4 is 22.7 Å². The van der Waals surface area contributed by atoms with Gasteiger partial charge < -0.3 is 0 Å². The van der Waals surface area contributed by atoms with E-state index in [9.17, 15) is 25.0 Å². The third-order valence-electron chi connectivity index (χ3n) is 4.23. The largest absolute Gasteiger partial charge is 0.301 e. The van der Waals surface area contributed by atoms with Crippen LogP contribution in [0, 0.1) is 27.2 Å². The van der Waals surface area contributed by atoms with Crippen molar-refractivity contribution in [3.63, 3.8) is 0 Å². The molecule has 0 aliphatic carbocycles. The highest BCUT2D eigenvalue weighted by Gasteiger charge is 2.20. The molecule has 148 valence electrons. The molecule has 0 amide bonds. The van der Waals surface area contributed by atoms with Gasteiger partial charge in [-0.05, 0) is 25.1 Å². The molecule has 12 nitrogen and oxygen atoms in total. The van der Waals surface area contributed by atoms with Gasteiger partial charge in [-0.2, -0.15) is 0 Å². The summed E-state index contributed by atoms with van der Waals surface area (Å²) in [6, 6.07) is 12.0. The molecule has 0 spiro atoms. The van der Waals surface area contributed by atoms with E-state index in [1.54, 1.807) is 42.9 Å². The molecule has 12 heteroatoms. The summed E-state index contributed by atoms with van der Waals surface area (Å²) in [5, 5.41) is 29.5. The summed E-state index contributed by atoms with van der Waals surface area (Å²) in [6.45, 7) is 1.68. The van der Waals surface area contributed by atoms with Gasteiger partial charge >= 0.3 is 5.69 Å². The van der Waals surface area contributed by atoms with E-state index < -0.39 is 26.8 Å². The summed E-state index contributed by atoms with van der Waals surface area (Å²) in [5.41, 5.74) is 2.11. The Morgan fingerprint density at radius 1 is 1.03 bits per heavy atom. The molecule has 1 N–H and O–H groups in total. The Hall–Kier alpha value is -4.35. The highest BCUT2D eigenvalue weighted by molar-refractivity contribution is 5.64. The fourth-order valence-electron chi connectivity index (χ4n) is 2.68. The van der Waals surface area contributed by atoms with E-state index >= 15 is 0 Å². The number of nitro groups is 2. The summed E-state index contributed by atoms with van der Waals surface area (Å²) in [5.74, 6) is 0. The monoisotopic (exact) mass is 397 g/mol. The first kappa shape index (κ1) is 19.4. The van der Waals surface area contributed by atoms with Gasteiger partial charge in [0.05, 0.1) is 27.3 Å². The molecule has 0 saturated heterocycles. The number of nitrogens with zero attached hydrogens (tertiary/aromatic N) is 6. The quantitative estimate of drug-likeness (QED) is 0.382. The zero-order chi connectivity index (χ0) is 21.1. The predicted molar refractivity (Wildman–Crippen MR) is 104 cm³/mol. The summed E-state index contributed by atoms with van der Waals surface area (Å²) < 4.78 is 3.03. The number of hydrogen-bond acceptors (Lipinski definition) is 7. The fraction of sp³-hybridized carbons (Fsp3) is 0.118. The van der Waals surface area contributed by atoms with Crippen LogP contribution in [-0.2, 0) is 7.05 Å². The molecule has 29 heavy (non-hydrogen) atoms. The Balaban J connectivity index is 1.93. The first-order valence-corrected chi connectivity index (χ1v) is 8.25. The Morgan fingerprint density at radius 3 is 2.34 bits per heavy atom. The van der Waals surface area contributed by atoms with Crippen LogP contribution in [0.5, 0.6) is 0 Å². The molecule has 0 radical (unpaired) electrons. The Morgan fingerprint density at radius 2 is 1.72 bits per heavy atom. The lowest BCUT2D eigenvalue weighted by Gasteiger charge is -2.07. The van der Waals surface area contributed by atoms with Crippen LogP contribution in [0.1, 0.15) is 5.69 Å². The number of para-hydroxylation sites is 1. The van der Waals surface area contributed by atoms with Gasteiger partial charge in [-0.25, -0.2) is 4.68 Å². The Bertz CT molecular complexity index is 1180. The van der Waals surface area contributed by atoms with Crippen LogP contribution < -0.4 is 11.0 Å². The fourth-order valence-corrected chi connectivity index (χ4v) is 2.68. The van der Waals surface area contributed by atoms with Gasteiger partial charge in [-0.3, -0.25) is 35.1 Å². The Labute approximate surface area is 163 Å². The molecule has 0 aliphatic heterocycles. The van der Waals surface area contributed by atoms with E-state index in [1.807, 2.05) is 6.07 Å². The lowest BCUT2D eigenvalue weighted by molar-refractivity contribution is -0.393. The van der Waals surface area contributed by atoms with Crippen molar-refractivity contribution in [2.75, 3.05) is 5.43 Å². The maximum atomic E-state index is 12.7. The average Bonchev–Trinajstić information content (AvgIpc) is 2.91. The summed E-state index contributed by atoms with van der Waals surface area (Å²) >= 11 is 0. The summed E-state index contributed by atoms with van der Waals surface area (Å²) in [7, 11) is 1.69. The van der Waals surface area contributed by atoms with Gasteiger partial charge in [-0.1, -0.05) is 23.4 Å². The van der Waals surface area contributed by atoms with E-state index in [1.165, 1.54) is 4.68 Å². The lowest BCUT2D eigenvalue weighted by atomic mass is 10.2. The molecule has 0 atom stereocenters. The second-order valence-corrected chi connectivity index (χ2v) is 5.94. The van der Waals surface area contributed by atoms with Crippen LogP contribution in [0.15, 0.2) is 63.7 Å². The maximum absolute atomic E-state index is 12.7. The molecule has 3 rings (SSSR count). The van der Waals surface area contributed by atoms with E-state index in [0.717, 1.165) is 18.2 Å². The van der Waals surface area contributed by atoms with Gasteiger partial charge in [0.25, 0.3) is 11.2 Å². The first-order chi connectivity index (χ1) is 13.8. The minimum Gasteiger partial charge on any atom is -0.283 e. The topological polar surface area (TPSA) is 150 Å². The van der Waals surface area contributed by atoms with Crippen LogP contribution in [0.4, 0.5) is 22.7 Å². The molecule has 0 bridgehead atoms. The first-order valence-electron chi connectivity index (χ1n) is 8.25. The minimum absolute atomic E-state index is 0.0495. The molecular weight excluding hydrogens is 382 g/mol. The third-order valence-corrected chi connectivity index (χ3v) is 4.23.